The third kappa shape index (κ3) is 17.6. The van der Waals surface area contributed by atoms with Gasteiger partial charge in [0.15, 0.2) is 6.10 Å². The van der Waals surface area contributed by atoms with Crippen LogP contribution in [0.3, 0.4) is 0 Å². The van der Waals surface area contributed by atoms with Crippen LogP contribution in [0.25, 0.3) is 0 Å². The van der Waals surface area contributed by atoms with Crippen LogP contribution in [-0.4, -0.2) is 49.3 Å². The SMILES string of the molecule is CCC=CCC(OC(C)=O)C(C=CC(CCCCCCCC(=O)OC)OC(C)=O)OC(C)=O. The summed E-state index contributed by atoms with van der Waals surface area (Å²) >= 11 is 0. The molecule has 0 radical (unpaired) electrons. The average Bonchev–Trinajstić information content (AvgIpc) is 2.73. The van der Waals surface area contributed by atoms with Gasteiger partial charge in [0.1, 0.15) is 12.2 Å². The summed E-state index contributed by atoms with van der Waals surface area (Å²) in [5.41, 5.74) is 0. The van der Waals surface area contributed by atoms with Crippen LogP contribution >= 0.6 is 0 Å². The molecule has 0 fully saturated rings. The van der Waals surface area contributed by atoms with E-state index in [4.69, 9.17) is 14.2 Å². The fourth-order valence-corrected chi connectivity index (χ4v) is 3.18. The van der Waals surface area contributed by atoms with Gasteiger partial charge >= 0.3 is 23.9 Å². The zero-order valence-electron chi connectivity index (χ0n) is 20.7. The van der Waals surface area contributed by atoms with E-state index in [0.29, 0.717) is 19.3 Å². The summed E-state index contributed by atoms with van der Waals surface area (Å²) in [7, 11) is 1.38. The number of esters is 4. The summed E-state index contributed by atoms with van der Waals surface area (Å²) in [5.74, 6) is -1.58. The Bertz CT molecular complexity index is 653. The summed E-state index contributed by atoms with van der Waals surface area (Å²) in [4.78, 5) is 45.8. The van der Waals surface area contributed by atoms with Crippen molar-refractivity contribution >= 4 is 23.9 Å². The van der Waals surface area contributed by atoms with Crippen LogP contribution in [0.15, 0.2) is 24.3 Å². The smallest absolute Gasteiger partial charge is 0.305 e. The van der Waals surface area contributed by atoms with E-state index in [2.05, 4.69) is 4.74 Å². The number of carbonyl (C=O) groups excluding carboxylic acids is 4. The standard InChI is InChI=1S/C25H40O8/c1-6-7-11-15-23(32-20(3)27)24(33-21(4)28)18-17-22(31-19(2)26)14-12-9-8-10-13-16-25(29)30-5/h7,11,17-18,22-24H,6,8-10,12-16H2,1-5H3. The third-order valence-electron chi connectivity index (χ3n) is 4.69. The van der Waals surface area contributed by atoms with Crippen molar-refractivity contribution in [2.45, 2.75) is 104 Å². The first kappa shape index (κ1) is 30.4. The van der Waals surface area contributed by atoms with Crippen LogP contribution < -0.4 is 0 Å². The van der Waals surface area contributed by atoms with E-state index in [-0.39, 0.29) is 5.97 Å². The van der Waals surface area contributed by atoms with Gasteiger partial charge in [0.2, 0.25) is 0 Å². The lowest BCUT2D eigenvalue weighted by molar-refractivity contribution is -0.161. The Balaban J connectivity index is 5.02. The minimum Gasteiger partial charge on any atom is -0.469 e. The summed E-state index contributed by atoms with van der Waals surface area (Å²) in [6, 6.07) is 0. The number of methoxy groups -OCH3 is 1. The predicted octanol–water partition coefficient (Wildman–Crippen LogP) is 4.60. The number of allylic oxidation sites excluding steroid dienone is 1. The van der Waals surface area contributed by atoms with E-state index in [9.17, 15) is 19.2 Å². The molecule has 0 saturated carbocycles. The van der Waals surface area contributed by atoms with Gasteiger partial charge in [-0.25, -0.2) is 0 Å². The van der Waals surface area contributed by atoms with Gasteiger partial charge < -0.3 is 18.9 Å². The Morgan fingerprint density at radius 1 is 0.758 bits per heavy atom. The second-order valence-corrected chi connectivity index (χ2v) is 7.75. The minimum atomic E-state index is -0.802. The number of hydrogen-bond acceptors (Lipinski definition) is 8. The monoisotopic (exact) mass is 468 g/mol. The van der Waals surface area contributed by atoms with E-state index < -0.39 is 36.2 Å². The largest absolute Gasteiger partial charge is 0.469 e. The molecule has 0 aromatic carbocycles. The van der Waals surface area contributed by atoms with Crippen molar-refractivity contribution in [3.05, 3.63) is 24.3 Å². The highest BCUT2D eigenvalue weighted by Crippen LogP contribution is 2.16. The Morgan fingerprint density at radius 3 is 1.94 bits per heavy atom. The molecule has 0 spiro atoms. The van der Waals surface area contributed by atoms with Gasteiger partial charge in [0.05, 0.1) is 7.11 Å². The Labute approximate surface area is 197 Å². The second-order valence-electron chi connectivity index (χ2n) is 7.75. The maximum absolute atomic E-state index is 11.6. The fraction of sp³-hybridized carbons (Fsp3) is 0.680. The molecule has 8 heteroatoms. The van der Waals surface area contributed by atoms with E-state index in [1.807, 2.05) is 19.1 Å². The molecular formula is C25H40O8. The van der Waals surface area contributed by atoms with Gasteiger partial charge in [-0.15, -0.1) is 0 Å². The highest BCUT2D eigenvalue weighted by Gasteiger charge is 2.24. The lowest BCUT2D eigenvalue weighted by atomic mass is 10.0. The van der Waals surface area contributed by atoms with E-state index in [1.54, 1.807) is 12.2 Å². The van der Waals surface area contributed by atoms with Crippen LogP contribution in [0.2, 0.25) is 0 Å². The molecule has 0 bridgehead atoms. The quantitative estimate of drug-likeness (QED) is 0.132. The van der Waals surface area contributed by atoms with Gasteiger partial charge in [-0.3, -0.25) is 19.2 Å². The van der Waals surface area contributed by atoms with Crippen molar-refractivity contribution in [2.75, 3.05) is 7.11 Å². The molecule has 0 N–H and O–H groups in total. The first-order valence-electron chi connectivity index (χ1n) is 11.6. The molecule has 3 atom stereocenters. The molecule has 0 aliphatic heterocycles. The van der Waals surface area contributed by atoms with Gasteiger partial charge in [-0.05, 0) is 37.8 Å². The van der Waals surface area contributed by atoms with E-state index in [1.165, 1.54) is 27.9 Å². The second kappa shape index (κ2) is 18.9. The van der Waals surface area contributed by atoms with Crippen LogP contribution in [0.4, 0.5) is 0 Å². The van der Waals surface area contributed by atoms with Crippen LogP contribution in [0.5, 0.6) is 0 Å². The maximum atomic E-state index is 11.6. The molecule has 0 amide bonds. The molecule has 3 unspecified atom stereocenters. The number of unbranched alkanes of at least 4 members (excludes halogenated alkanes) is 4. The Kier molecular flexibility index (Phi) is 17.4. The molecule has 0 aliphatic rings. The zero-order chi connectivity index (χ0) is 25.1. The van der Waals surface area contributed by atoms with E-state index in [0.717, 1.165) is 38.5 Å². The minimum absolute atomic E-state index is 0.199. The van der Waals surface area contributed by atoms with Crippen molar-refractivity contribution in [3.8, 4) is 0 Å². The van der Waals surface area contributed by atoms with Crippen molar-refractivity contribution in [1.29, 1.82) is 0 Å². The topological polar surface area (TPSA) is 105 Å². The Morgan fingerprint density at radius 2 is 1.36 bits per heavy atom. The summed E-state index contributed by atoms with van der Waals surface area (Å²) in [6.07, 6.45) is 11.8. The maximum Gasteiger partial charge on any atom is 0.305 e. The van der Waals surface area contributed by atoms with Gasteiger partial charge in [-0.1, -0.05) is 38.3 Å². The van der Waals surface area contributed by atoms with Crippen LogP contribution in [-0.2, 0) is 38.1 Å². The Hall–Kier alpha value is -2.64. The number of rotatable bonds is 17. The molecule has 0 rings (SSSR count). The average molecular weight is 469 g/mol. The molecule has 8 nitrogen and oxygen atoms in total. The van der Waals surface area contributed by atoms with Crippen molar-refractivity contribution in [1.82, 2.24) is 0 Å². The molecule has 0 saturated heterocycles. The third-order valence-corrected chi connectivity index (χ3v) is 4.69. The van der Waals surface area contributed by atoms with Gasteiger partial charge in [0.25, 0.3) is 0 Å². The highest BCUT2D eigenvalue weighted by molar-refractivity contribution is 5.69. The normalized spacial score (nSPS) is 14.0. The van der Waals surface area contributed by atoms with Crippen LogP contribution in [0, 0.1) is 0 Å². The van der Waals surface area contributed by atoms with Crippen LogP contribution in [0.1, 0.15) is 85.5 Å². The zero-order valence-corrected chi connectivity index (χ0v) is 20.7. The number of hydrogen-bond donors (Lipinski definition) is 0. The number of carbonyl (C=O) groups is 4. The van der Waals surface area contributed by atoms with Gasteiger partial charge in [0, 0.05) is 33.6 Å². The summed E-state index contributed by atoms with van der Waals surface area (Å²) in [6.45, 7) is 5.92. The fourth-order valence-electron chi connectivity index (χ4n) is 3.18. The number of ether oxygens (including phenoxy) is 4. The summed E-state index contributed by atoms with van der Waals surface area (Å²) in [5, 5.41) is 0. The van der Waals surface area contributed by atoms with Gasteiger partial charge in [-0.2, -0.15) is 0 Å². The highest BCUT2D eigenvalue weighted by atomic mass is 16.6. The van der Waals surface area contributed by atoms with Crippen molar-refractivity contribution in [3.63, 3.8) is 0 Å². The van der Waals surface area contributed by atoms with E-state index >= 15 is 0 Å². The predicted molar refractivity (Wildman–Crippen MR) is 124 cm³/mol. The molecular weight excluding hydrogens is 428 g/mol. The lowest BCUT2D eigenvalue weighted by Gasteiger charge is -2.24. The summed E-state index contributed by atoms with van der Waals surface area (Å²) < 4.78 is 20.8. The van der Waals surface area contributed by atoms with Crippen molar-refractivity contribution < 1.29 is 38.1 Å². The first-order valence-corrected chi connectivity index (χ1v) is 11.6. The molecule has 0 aromatic rings. The molecule has 0 heterocycles. The molecule has 0 aliphatic carbocycles. The molecule has 0 aromatic heterocycles. The first-order chi connectivity index (χ1) is 15.7. The molecule has 33 heavy (non-hydrogen) atoms. The lowest BCUT2D eigenvalue weighted by Crippen LogP contribution is -2.33. The molecule has 188 valence electrons. The van der Waals surface area contributed by atoms with Crippen molar-refractivity contribution in [2.24, 2.45) is 0 Å².